The van der Waals surface area contributed by atoms with Crippen LogP contribution in [0.4, 0.5) is 11.4 Å². The lowest BCUT2D eigenvalue weighted by atomic mass is 10.0. The lowest BCUT2D eigenvalue weighted by Crippen LogP contribution is -2.34. The van der Waals surface area contributed by atoms with Crippen molar-refractivity contribution in [2.75, 3.05) is 24.6 Å². The first kappa shape index (κ1) is 20.6. The van der Waals surface area contributed by atoms with E-state index in [2.05, 4.69) is 0 Å². The Bertz CT molecular complexity index is 1060. The summed E-state index contributed by atoms with van der Waals surface area (Å²) in [5.41, 5.74) is 1.44. The van der Waals surface area contributed by atoms with Gasteiger partial charge in [-0.15, -0.1) is 0 Å². The molecule has 31 heavy (non-hydrogen) atoms. The fourth-order valence-electron chi connectivity index (χ4n) is 3.96. The molecule has 0 radical (unpaired) electrons. The molecular weight excluding hydrogens is 398 g/mol. The minimum Gasteiger partial charge on any atom is -0.491 e. The molecule has 0 bridgehead atoms. The van der Waals surface area contributed by atoms with Crippen molar-refractivity contribution in [1.82, 2.24) is 4.90 Å². The zero-order valence-electron chi connectivity index (χ0n) is 17.2. The van der Waals surface area contributed by atoms with Crippen LogP contribution < -0.4 is 9.64 Å². The van der Waals surface area contributed by atoms with Crippen molar-refractivity contribution in [3.63, 3.8) is 0 Å². The van der Waals surface area contributed by atoms with E-state index in [4.69, 9.17) is 4.74 Å². The average molecular weight is 421 g/mol. The summed E-state index contributed by atoms with van der Waals surface area (Å²) in [5, 5.41) is 11.0. The minimum absolute atomic E-state index is 0.0704. The zero-order valence-corrected chi connectivity index (χ0v) is 17.2. The molecule has 2 aromatic carbocycles. The molecule has 0 spiro atoms. The van der Waals surface area contributed by atoms with Crippen LogP contribution in [-0.4, -0.2) is 41.3 Å². The molecule has 8 heteroatoms. The highest BCUT2D eigenvalue weighted by Crippen LogP contribution is 2.39. The van der Waals surface area contributed by atoms with Gasteiger partial charge in [0.05, 0.1) is 22.8 Å². The second-order valence-corrected chi connectivity index (χ2v) is 7.48. The van der Waals surface area contributed by atoms with Crippen LogP contribution in [-0.2, 0) is 9.59 Å². The summed E-state index contributed by atoms with van der Waals surface area (Å²) in [5.74, 6) is -0.377. The first-order valence-electron chi connectivity index (χ1n) is 10.4. The monoisotopic (exact) mass is 421 g/mol. The van der Waals surface area contributed by atoms with Crippen LogP contribution in [0.2, 0.25) is 0 Å². The fourth-order valence-corrected chi connectivity index (χ4v) is 3.96. The number of nitro groups is 1. The second-order valence-electron chi connectivity index (χ2n) is 7.48. The molecule has 1 fully saturated rings. The highest BCUT2D eigenvalue weighted by Gasteiger charge is 2.44. The maximum absolute atomic E-state index is 13.6. The van der Waals surface area contributed by atoms with E-state index in [0.29, 0.717) is 42.4 Å². The van der Waals surface area contributed by atoms with Crippen molar-refractivity contribution in [3.05, 3.63) is 69.9 Å². The number of amides is 2. The number of nitrogens with zero attached hydrogens (tertiary/aromatic N) is 3. The molecule has 0 atom stereocenters. The number of carbonyl (C=O) groups excluding carboxylic acids is 2. The highest BCUT2D eigenvalue weighted by atomic mass is 16.6. The van der Waals surface area contributed by atoms with Crippen LogP contribution in [0, 0.1) is 10.1 Å². The van der Waals surface area contributed by atoms with Crippen molar-refractivity contribution in [1.29, 1.82) is 0 Å². The van der Waals surface area contributed by atoms with Crippen LogP contribution in [0.25, 0.3) is 5.57 Å². The summed E-state index contributed by atoms with van der Waals surface area (Å²) < 4.78 is 5.79. The first-order valence-corrected chi connectivity index (χ1v) is 10.4. The fraction of sp³-hybridized carbons (Fsp3) is 0.304. The van der Waals surface area contributed by atoms with E-state index in [9.17, 15) is 19.7 Å². The van der Waals surface area contributed by atoms with Crippen molar-refractivity contribution in [3.8, 4) is 5.75 Å². The van der Waals surface area contributed by atoms with Crippen molar-refractivity contribution in [2.24, 2.45) is 0 Å². The Hall–Kier alpha value is -3.68. The number of hydrogen-bond donors (Lipinski definition) is 0. The summed E-state index contributed by atoms with van der Waals surface area (Å²) in [4.78, 5) is 40.7. The van der Waals surface area contributed by atoms with Gasteiger partial charge in [-0.25, -0.2) is 4.90 Å². The molecule has 0 unspecified atom stereocenters. The minimum atomic E-state index is -0.491. The molecule has 0 aromatic heterocycles. The van der Waals surface area contributed by atoms with E-state index in [-0.39, 0.29) is 11.3 Å². The quantitative estimate of drug-likeness (QED) is 0.384. The number of hydrogen-bond acceptors (Lipinski definition) is 6. The predicted octanol–water partition coefficient (Wildman–Crippen LogP) is 3.76. The number of benzene rings is 2. The molecule has 1 saturated heterocycles. The lowest BCUT2D eigenvalue weighted by molar-refractivity contribution is -0.384. The number of rotatable bonds is 7. The van der Waals surface area contributed by atoms with Gasteiger partial charge >= 0.3 is 0 Å². The Kier molecular flexibility index (Phi) is 5.70. The highest BCUT2D eigenvalue weighted by molar-refractivity contribution is 6.45. The van der Waals surface area contributed by atoms with E-state index in [1.165, 1.54) is 24.3 Å². The molecule has 2 aliphatic rings. The summed E-state index contributed by atoms with van der Waals surface area (Å²) >= 11 is 0. The Labute approximate surface area is 179 Å². The smallest absolute Gasteiger partial charge is 0.282 e. The number of para-hydroxylation sites is 2. The van der Waals surface area contributed by atoms with Crippen molar-refractivity contribution in [2.45, 2.75) is 26.2 Å². The molecule has 160 valence electrons. The molecule has 0 N–H and O–H groups in total. The van der Waals surface area contributed by atoms with E-state index in [1.54, 1.807) is 24.3 Å². The first-order chi connectivity index (χ1) is 15.0. The topological polar surface area (TPSA) is 93.0 Å². The molecule has 2 heterocycles. The number of likely N-dealkylation sites (tertiary alicyclic amines) is 1. The van der Waals surface area contributed by atoms with Gasteiger partial charge in [-0.05, 0) is 49.1 Å². The summed E-state index contributed by atoms with van der Waals surface area (Å²) in [6.07, 6.45) is 2.67. The number of anilines is 1. The summed E-state index contributed by atoms with van der Waals surface area (Å²) in [6.45, 7) is 3.82. The molecule has 0 saturated carbocycles. The molecule has 4 rings (SSSR count). The second kappa shape index (κ2) is 8.59. The Balaban J connectivity index is 1.79. The molecule has 2 aromatic rings. The van der Waals surface area contributed by atoms with Crippen LogP contribution in [0.15, 0.2) is 54.2 Å². The number of ether oxygens (including phenoxy) is 1. The van der Waals surface area contributed by atoms with E-state index in [1.807, 2.05) is 11.8 Å². The molecule has 2 amide bonds. The number of nitro benzene ring substituents is 1. The standard InChI is InChI=1S/C23H23N3O5/c1-2-15-31-19-8-4-3-7-18(19)25-22(27)20(16-9-11-17(12-10-16)26(29)30)21(23(25)28)24-13-5-6-14-24/h3-4,7-12H,2,5-6,13-15H2,1H3. The lowest BCUT2D eigenvalue weighted by Gasteiger charge is -2.21. The molecule has 0 aliphatic carbocycles. The van der Waals surface area contributed by atoms with Crippen molar-refractivity contribution >= 4 is 28.8 Å². The Morgan fingerprint density at radius 2 is 1.68 bits per heavy atom. The maximum Gasteiger partial charge on any atom is 0.282 e. The van der Waals surface area contributed by atoms with Gasteiger partial charge < -0.3 is 9.64 Å². The van der Waals surface area contributed by atoms with E-state index < -0.39 is 16.7 Å². The maximum atomic E-state index is 13.6. The molecule has 8 nitrogen and oxygen atoms in total. The van der Waals surface area contributed by atoms with Gasteiger partial charge in [0.2, 0.25) is 0 Å². The third-order valence-corrected chi connectivity index (χ3v) is 5.42. The van der Waals surface area contributed by atoms with Gasteiger partial charge in [-0.2, -0.15) is 0 Å². The van der Waals surface area contributed by atoms with Crippen LogP contribution >= 0.6 is 0 Å². The van der Waals surface area contributed by atoms with Gasteiger partial charge in [0.1, 0.15) is 11.4 Å². The zero-order chi connectivity index (χ0) is 22.0. The number of non-ortho nitro benzene ring substituents is 1. The Morgan fingerprint density at radius 3 is 2.32 bits per heavy atom. The van der Waals surface area contributed by atoms with E-state index >= 15 is 0 Å². The van der Waals surface area contributed by atoms with Gasteiger partial charge in [0.25, 0.3) is 17.5 Å². The van der Waals surface area contributed by atoms with Crippen LogP contribution in [0.1, 0.15) is 31.7 Å². The summed E-state index contributed by atoms with van der Waals surface area (Å²) in [7, 11) is 0. The van der Waals surface area contributed by atoms with Gasteiger partial charge in [0, 0.05) is 25.2 Å². The molecular formula is C23H23N3O5. The average Bonchev–Trinajstić information content (AvgIpc) is 3.38. The normalized spacial score (nSPS) is 16.4. The van der Waals surface area contributed by atoms with Gasteiger partial charge in [0.15, 0.2) is 0 Å². The van der Waals surface area contributed by atoms with Crippen LogP contribution in [0.5, 0.6) is 5.75 Å². The SMILES string of the molecule is CCCOc1ccccc1N1C(=O)C(c2ccc([N+](=O)[O-])cc2)=C(N2CCCC2)C1=O. The number of imide groups is 1. The van der Waals surface area contributed by atoms with Gasteiger partial charge in [-0.1, -0.05) is 19.1 Å². The summed E-state index contributed by atoms with van der Waals surface area (Å²) in [6, 6.07) is 12.7. The number of carbonyl (C=O) groups is 2. The van der Waals surface area contributed by atoms with Crippen LogP contribution in [0.3, 0.4) is 0 Å². The largest absolute Gasteiger partial charge is 0.491 e. The van der Waals surface area contributed by atoms with Crippen molar-refractivity contribution < 1.29 is 19.2 Å². The molecule has 2 aliphatic heterocycles. The predicted molar refractivity (Wildman–Crippen MR) is 116 cm³/mol. The Morgan fingerprint density at radius 1 is 1.00 bits per heavy atom. The third kappa shape index (κ3) is 3.76. The third-order valence-electron chi connectivity index (χ3n) is 5.42. The van der Waals surface area contributed by atoms with E-state index in [0.717, 1.165) is 24.2 Å². The van der Waals surface area contributed by atoms with Gasteiger partial charge in [-0.3, -0.25) is 19.7 Å².